The topological polar surface area (TPSA) is 190 Å². The summed E-state index contributed by atoms with van der Waals surface area (Å²) >= 11 is 0. The summed E-state index contributed by atoms with van der Waals surface area (Å²) in [6.07, 6.45) is -1.77. The van der Waals surface area contributed by atoms with Crippen molar-refractivity contribution in [3.8, 4) is 5.75 Å². The minimum atomic E-state index is -4.18. The van der Waals surface area contributed by atoms with Gasteiger partial charge in [0.1, 0.15) is 18.4 Å². The molecule has 3 N–H and O–H groups in total. The predicted octanol–water partition coefficient (Wildman–Crippen LogP) is -5.92. The van der Waals surface area contributed by atoms with Crippen LogP contribution >= 0.6 is 0 Å². The van der Waals surface area contributed by atoms with E-state index in [0.29, 0.717) is 4.90 Å². The Morgan fingerprint density at radius 3 is 2.41 bits per heavy atom. The molecule has 14 heteroatoms. The molecule has 3 atom stereocenters. The number of aromatic hydroxyl groups is 1. The zero-order valence-corrected chi connectivity index (χ0v) is 19.8. The summed E-state index contributed by atoms with van der Waals surface area (Å²) in [5.74, 6) is -5.70. The molecule has 0 aliphatic carbocycles. The van der Waals surface area contributed by atoms with Crippen LogP contribution in [0.4, 0.5) is 0 Å². The Hall–Kier alpha value is -2.45. The van der Waals surface area contributed by atoms with Crippen LogP contribution in [0.25, 0.3) is 0 Å². The number of hydrogen-bond donors (Lipinski definition) is 3. The number of fused-ring (bicyclic) bond motifs is 1. The van der Waals surface area contributed by atoms with E-state index in [1.54, 1.807) is 0 Å². The van der Waals surface area contributed by atoms with Crippen LogP contribution < -0.4 is 40.0 Å². The second-order valence-corrected chi connectivity index (χ2v) is 9.00. The molecule has 166 valence electrons. The number of phenols is 1. The molecule has 2 aliphatic heterocycles. The fourth-order valence-corrected chi connectivity index (χ4v) is 5.36. The van der Waals surface area contributed by atoms with Gasteiger partial charge in [0.2, 0.25) is 0 Å². The molecule has 2 amide bonds. The van der Waals surface area contributed by atoms with Gasteiger partial charge < -0.3 is 30.2 Å². The van der Waals surface area contributed by atoms with Crippen molar-refractivity contribution in [3.05, 3.63) is 41.1 Å². The number of carboxylic acid groups (broad SMARTS) is 1. The molecule has 1 unspecified atom stereocenters. The van der Waals surface area contributed by atoms with E-state index in [-0.39, 0.29) is 46.4 Å². The van der Waals surface area contributed by atoms with Crippen molar-refractivity contribution in [1.29, 1.82) is 0 Å². The van der Waals surface area contributed by atoms with Gasteiger partial charge in [-0.05, 0) is 17.7 Å². The third-order valence-corrected chi connectivity index (χ3v) is 6.73. The van der Waals surface area contributed by atoms with Crippen LogP contribution in [-0.2, 0) is 33.8 Å². The number of aliphatic hydroxyl groups excluding tert-OH is 1. The van der Waals surface area contributed by atoms with Crippen molar-refractivity contribution in [1.82, 2.24) is 10.2 Å². The molecule has 1 aromatic carbocycles. The van der Waals surface area contributed by atoms with E-state index in [9.17, 15) is 42.9 Å². The van der Waals surface area contributed by atoms with E-state index >= 15 is 0 Å². The molecular formula is C18H17N2NaO10S. The Labute approximate surface area is 204 Å². The summed E-state index contributed by atoms with van der Waals surface area (Å²) in [4.78, 5) is 47.9. The van der Waals surface area contributed by atoms with E-state index in [4.69, 9.17) is 0 Å². The van der Waals surface area contributed by atoms with Gasteiger partial charge in [0.15, 0.2) is 21.3 Å². The van der Waals surface area contributed by atoms with Gasteiger partial charge in [-0.1, -0.05) is 12.1 Å². The molecule has 1 aromatic rings. The molecule has 0 aromatic heterocycles. The van der Waals surface area contributed by atoms with Crippen LogP contribution in [0.1, 0.15) is 18.6 Å². The molecule has 3 rings (SSSR count). The molecule has 1 fully saturated rings. The average molecular weight is 476 g/mol. The van der Waals surface area contributed by atoms with E-state index in [1.165, 1.54) is 24.3 Å². The number of sulfone groups is 1. The first-order valence-electron chi connectivity index (χ1n) is 8.82. The van der Waals surface area contributed by atoms with Gasteiger partial charge in [-0.2, -0.15) is 0 Å². The first-order valence-corrected chi connectivity index (χ1v) is 10.5. The van der Waals surface area contributed by atoms with E-state index in [0.717, 1.165) is 6.92 Å². The fraction of sp³-hybridized carbons (Fsp3) is 0.333. The van der Waals surface area contributed by atoms with E-state index in [1.807, 2.05) is 0 Å². The van der Waals surface area contributed by atoms with Crippen molar-refractivity contribution in [2.24, 2.45) is 0 Å². The van der Waals surface area contributed by atoms with Crippen LogP contribution in [0.5, 0.6) is 5.75 Å². The van der Waals surface area contributed by atoms with Crippen molar-refractivity contribution >= 4 is 33.6 Å². The zero-order valence-electron chi connectivity index (χ0n) is 17.0. The Balaban J connectivity index is 0.00000363. The minimum Gasteiger partial charge on any atom is -0.543 e. The quantitative estimate of drug-likeness (QED) is 0.202. The smallest absolute Gasteiger partial charge is 0.543 e. The predicted molar refractivity (Wildman–Crippen MR) is 98.1 cm³/mol. The monoisotopic (exact) mass is 476 g/mol. The summed E-state index contributed by atoms with van der Waals surface area (Å²) < 4.78 is 30.0. The Bertz CT molecular complexity index is 1100. The maximum absolute atomic E-state index is 12.7. The molecule has 0 bridgehead atoms. The number of aliphatic carboxylic acids is 1. The third-order valence-electron chi connectivity index (χ3n) is 4.76. The number of rotatable bonds is 6. The van der Waals surface area contributed by atoms with Gasteiger partial charge >= 0.3 is 35.5 Å². The van der Waals surface area contributed by atoms with Crippen LogP contribution in [0, 0.1) is 0 Å². The Morgan fingerprint density at radius 1 is 1.28 bits per heavy atom. The molecule has 2 heterocycles. The second-order valence-electron chi connectivity index (χ2n) is 6.91. The standard InChI is InChI=1S/C18H18N2O10S.Na/c1-8(21)30-6-10-7-31(28,29)17-12(16(25)20(17)13(10)18(26)27)19-15(24)14(23)9-2-4-11(22)5-3-9;/h2-5,12,14,17,22-23H,6-7H2,1H3,(H,19,24)(H,26,27);/q;+1/p-1/t12-,14?,17-;/m0./s1. The van der Waals surface area contributed by atoms with Gasteiger partial charge in [0, 0.05) is 12.5 Å². The number of carbonyl (C=O) groups excluding carboxylic acids is 4. The largest absolute Gasteiger partial charge is 1.00 e. The summed E-state index contributed by atoms with van der Waals surface area (Å²) in [6, 6.07) is 3.31. The number of amides is 2. The summed E-state index contributed by atoms with van der Waals surface area (Å²) in [5.41, 5.74) is -1.01. The number of benzene rings is 1. The van der Waals surface area contributed by atoms with Crippen molar-refractivity contribution in [2.45, 2.75) is 24.4 Å². The average Bonchev–Trinajstić information content (AvgIpc) is 2.69. The summed E-state index contributed by atoms with van der Waals surface area (Å²) in [5, 5.41) is 31.4. The van der Waals surface area contributed by atoms with Crippen LogP contribution in [0.15, 0.2) is 35.5 Å². The van der Waals surface area contributed by atoms with Crippen molar-refractivity contribution < 1.29 is 77.2 Å². The Kier molecular flexibility index (Phi) is 7.73. The van der Waals surface area contributed by atoms with E-state index < -0.39 is 69.2 Å². The molecule has 0 spiro atoms. The fourth-order valence-electron chi connectivity index (χ4n) is 3.35. The number of aliphatic hydroxyl groups is 1. The second kappa shape index (κ2) is 9.58. The van der Waals surface area contributed by atoms with Crippen LogP contribution in [0.3, 0.4) is 0 Å². The van der Waals surface area contributed by atoms with Gasteiger partial charge in [0.05, 0.1) is 17.4 Å². The maximum Gasteiger partial charge on any atom is 1.00 e. The molecule has 0 radical (unpaired) electrons. The number of carbonyl (C=O) groups is 4. The maximum atomic E-state index is 12.7. The first kappa shape index (κ1) is 25.8. The number of esters is 1. The number of carboxylic acids is 1. The molecule has 2 aliphatic rings. The van der Waals surface area contributed by atoms with Gasteiger partial charge in [-0.25, -0.2) is 8.42 Å². The number of phenolic OH excluding ortho intramolecular Hbond substituents is 1. The molecule has 0 saturated carbocycles. The summed E-state index contributed by atoms with van der Waals surface area (Å²) in [7, 11) is -4.18. The summed E-state index contributed by atoms with van der Waals surface area (Å²) in [6.45, 7) is 0.379. The molecular weight excluding hydrogens is 459 g/mol. The van der Waals surface area contributed by atoms with Gasteiger partial charge in [-0.3, -0.25) is 19.3 Å². The van der Waals surface area contributed by atoms with Crippen molar-refractivity contribution in [3.63, 3.8) is 0 Å². The van der Waals surface area contributed by atoms with Gasteiger partial charge in [0.25, 0.3) is 11.8 Å². The minimum absolute atomic E-state index is 0. The normalized spacial score (nSPS) is 22.1. The molecule has 32 heavy (non-hydrogen) atoms. The van der Waals surface area contributed by atoms with Crippen LogP contribution in [0.2, 0.25) is 0 Å². The number of hydrogen-bond acceptors (Lipinski definition) is 10. The first-order chi connectivity index (χ1) is 14.4. The Morgan fingerprint density at radius 2 is 1.88 bits per heavy atom. The van der Waals surface area contributed by atoms with E-state index in [2.05, 4.69) is 10.1 Å². The number of β-lactam (4-membered cyclic amide) rings is 1. The SMILES string of the molecule is CC(=O)OCC1=C(C(=O)[O-])N2C(=O)[C@H](NC(=O)C(O)c3ccc(O)cc3)[C@@H]2S(=O)(=O)C1.[Na+]. The zero-order chi connectivity index (χ0) is 23.1. The third kappa shape index (κ3) is 4.81. The van der Waals surface area contributed by atoms with Crippen LogP contribution in [-0.4, -0.2) is 71.1 Å². The number of nitrogens with one attached hydrogen (secondary N) is 1. The van der Waals surface area contributed by atoms with Gasteiger partial charge in [-0.15, -0.1) is 0 Å². The number of nitrogens with zero attached hydrogens (tertiary/aromatic N) is 1. The molecule has 12 nitrogen and oxygen atoms in total. The van der Waals surface area contributed by atoms with Crippen molar-refractivity contribution in [2.75, 3.05) is 12.4 Å². The molecule has 1 saturated heterocycles. The number of ether oxygens (including phenoxy) is 1.